The standard InChI is InChI=1S/C21H19N3O3/c1-13(2)8-10-24-20(26)15-7-6-14(11-16(15)21(24)27)19(25)17(12-22)18-5-3-4-9-23-18/h3-7,9,11,13,17H,8,10H2,1-2H3. The van der Waals surface area contributed by atoms with E-state index in [1.165, 1.54) is 29.3 Å². The number of aromatic nitrogens is 1. The fourth-order valence-corrected chi connectivity index (χ4v) is 3.01. The lowest BCUT2D eigenvalue weighted by molar-refractivity contribution is 0.0647. The molecule has 0 radical (unpaired) electrons. The van der Waals surface area contributed by atoms with Crippen molar-refractivity contribution < 1.29 is 14.4 Å². The van der Waals surface area contributed by atoms with Gasteiger partial charge in [-0.3, -0.25) is 24.3 Å². The maximum absolute atomic E-state index is 12.8. The summed E-state index contributed by atoms with van der Waals surface area (Å²) in [5.74, 6) is -1.87. The van der Waals surface area contributed by atoms with E-state index in [9.17, 15) is 19.6 Å². The third kappa shape index (κ3) is 3.49. The van der Waals surface area contributed by atoms with Crippen LogP contribution in [0.25, 0.3) is 0 Å². The average molecular weight is 361 g/mol. The van der Waals surface area contributed by atoms with E-state index in [1.54, 1.807) is 18.2 Å². The van der Waals surface area contributed by atoms with Crippen molar-refractivity contribution >= 4 is 17.6 Å². The maximum atomic E-state index is 12.8. The van der Waals surface area contributed by atoms with E-state index in [1.807, 2.05) is 19.9 Å². The van der Waals surface area contributed by atoms with Crippen molar-refractivity contribution in [1.82, 2.24) is 9.88 Å². The number of carbonyl (C=O) groups excluding carboxylic acids is 3. The highest BCUT2D eigenvalue weighted by Gasteiger charge is 2.36. The van der Waals surface area contributed by atoms with Gasteiger partial charge in [-0.1, -0.05) is 26.0 Å². The summed E-state index contributed by atoms with van der Waals surface area (Å²) in [4.78, 5) is 43.2. The highest BCUT2D eigenvalue weighted by Crippen LogP contribution is 2.27. The molecule has 0 saturated carbocycles. The minimum atomic E-state index is -1.06. The van der Waals surface area contributed by atoms with E-state index in [2.05, 4.69) is 4.98 Å². The third-order valence-corrected chi connectivity index (χ3v) is 4.56. The van der Waals surface area contributed by atoms with Crippen LogP contribution < -0.4 is 0 Å². The smallest absolute Gasteiger partial charge is 0.261 e. The summed E-state index contributed by atoms with van der Waals surface area (Å²) in [6.07, 6.45) is 2.23. The van der Waals surface area contributed by atoms with Gasteiger partial charge >= 0.3 is 0 Å². The maximum Gasteiger partial charge on any atom is 0.261 e. The van der Waals surface area contributed by atoms with Crippen molar-refractivity contribution in [3.8, 4) is 6.07 Å². The Hall–Kier alpha value is -3.33. The molecule has 0 bridgehead atoms. The molecule has 0 aliphatic carbocycles. The van der Waals surface area contributed by atoms with Crippen LogP contribution in [0.3, 0.4) is 0 Å². The second-order valence-corrected chi connectivity index (χ2v) is 6.89. The van der Waals surface area contributed by atoms with Gasteiger partial charge in [-0.25, -0.2) is 0 Å². The molecular formula is C21H19N3O3. The van der Waals surface area contributed by atoms with Crippen LogP contribution in [0.2, 0.25) is 0 Å². The van der Waals surface area contributed by atoms with Gasteiger partial charge in [0.2, 0.25) is 0 Å². The molecule has 1 atom stereocenters. The number of amides is 2. The number of pyridine rings is 1. The molecule has 1 aromatic heterocycles. The van der Waals surface area contributed by atoms with E-state index in [-0.39, 0.29) is 17.0 Å². The van der Waals surface area contributed by atoms with Crippen molar-refractivity contribution in [3.63, 3.8) is 0 Å². The number of carbonyl (C=O) groups is 3. The summed E-state index contributed by atoms with van der Waals surface area (Å²) >= 11 is 0. The molecule has 6 nitrogen and oxygen atoms in total. The predicted molar refractivity (Wildman–Crippen MR) is 98.2 cm³/mol. The average Bonchev–Trinajstić information content (AvgIpc) is 2.91. The molecule has 2 aromatic rings. The number of hydrogen-bond acceptors (Lipinski definition) is 5. The van der Waals surface area contributed by atoms with Crippen molar-refractivity contribution in [3.05, 3.63) is 65.0 Å². The number of benzene rings is 1. The zero-order valence-corrected chi connectivity index (χ0v) is 15.2. The van der Waals surface area contributed by atoms with E-state index in [0.29, 0.717) is 30.1 Å². The molecule has 1 aromatic carbocycles. The van der Waals surface area contributed by atoms with Gasteiger partial charge in [0.15, 0.2) is 11.7 Å². The zero-order valence-electron chi connectivity index (χ0n) is 15.2. The lowest BCUT2D eigenvalue weighted by atomic mass is 9.93. The van der Waals surface area contributed by atoms with Crippen molar-refractivity contribution in [2.45, 2.75) is 26.2 Å². The molecule has 0 spiro atoms. The Labute approximate surface area is 157 Å². The Bertz CT molecular complexity index is 945. The van der Waals surface area contributed by atoms with Crippen LogP contribution in [-0.4, -0.2) is 34.0 Å². The molecule has 0 saturated heterocycles. The second kappa shape index (κ2) is 7.50. The minimum Gasteiger partial charge on any atom is -0.292 e. The lowest BCUT2D eigenvalue weighted by Crippen LogP contribution is -2.31. The molecule has 2 heterocycles. The van der Waals surface area contributed by atoms with Gasteiger partial charge < -0.3 is 0 Å². The first-order valence-electron chi connectivity index (χ1n) is 8.79. The van der Waals surface area contributed by atoms with Crippen LogP contribution in [-0.2, 0) is 0 Å². The van der Waals surface area contributed by atoms with Gasteiger partial charge in [-0.05, 0) is 36.6 Å². The highest BCUT2D eigenvalue weighted by molar-refractivity contribution is 6.22. The van der Waals surface area contributed by atoms with Crippen molar-refractivity contribution in [1.29, 1.82) is 5.26 Å². The lowest BCUT2D eigenvalue weighted by Gasteiger charge is -2.14. The summed E-state index contributed by atoms with van der Waals surface area (Å²) in [5, 5.41) is 9.42. The Balaban J connectivity index is 1.90. The Morgan fingerprint density at radius 3 is 2.52 bits per heavy atom. The van der Waals surface area contributed by atoms with Crippen LogP contribution in [0.5, 0.6) is 0 Å². The molecule has 1 aliphatic heterocycles. The number of hydrogen-bond donors (Lipinski definition) is 0. The fraction of sp³-hybridized carbons (Fsp3) is 0.286. The Morgan fingerprint density at radius 1 is 1.15 bits per heavy atom. The molecule has 3 rings (SSSR count). The quantitative estimate of drug-likeness (QED) is 0.582. The summed E-state index contributed by atoms with van der Waals surface area (Å²) in [6.45, 7) is 4.39. The summed E-state index contributed by atoms with van der Waals surface area (Å²) in [5.41, 5.74) is 1.09. The number of imide groups is 1. The molecule has 0 fully saturated rings. The number of rotatable bonds is 6. The van der Waals surface area contributed by atoms with Gasteiger partial charge in [0.25, 0.3) is 11.8 Å². The van der Waals surface area contributed by atoms with Crippen LogP contribution in [0.4, 0.5) is 0 Å². The van der Waals surface area contributed by atoms with E-state index < -0.39 is 17.6 Å². The largest absolute Gasteiger partial charge is 0.292 e. The molecule has 2 amide bonds. The topological polar surface area (TPSA) is 91.1 Å². The predicted octanol–water partition coefficient (Wildman–Crippen LogP) is 3.21. The van der Waals surface area contributed by atoms with E-state index >= 15 is 0 Å². The van der Waals surface area contributed by atoms with Gasteiger partial charge in [-0.2, -0.15) is 5.26 Å². The van der Waals surface area contributed by atoms with Crippen LogP contribution in [0, 0.1) is 17.2 Å². The number of Topliss-reactive ketones (excluding diaryl/α,β-unsaturated/α-hetero) is 1. The van der Waals surface area contributed by atoms with Crippen LogP contribution in [0.1, 0.15) is 63.0 Å². The zero-order chi connectivity index (χ0) is 19.6. The molecule has 27 heavy (non-hydrogen) atoms. The Morgan fingerprint density at radius 2 is 1.89 bits per heavy atom. The first kappa shape index (κ1) is 18.5. The fourth-order valence-electron chi connectivity index (χ4n) is 3.01. The number of nitriles is 1. The van der Waals surface area contributed by atoms with Gasteiger partial charge in [-0.15, -0.1) is 0 Å². The highest BCUT2D eigenvalue weighted by atomic mass is 16.2. The summed E-state index contributed by atoms with van der Waals surface area (Å²) < 4.78 is 0. The molecule has 0 N–H and O–H groups in total. The van der Waals surface area contributed by atoms with Crippen molar-refractivity contribution in [2.24, 2.45) is 5.92 Å². The summed E-state index contributed by atoms with van der Waals surface area (Å²) in [6, 6.07) is 11.4. The molecule has 1 aliphatic rings. The van der Waals surface area contributed by atoms with Crippen molar-refractivity contribution in [2.75, 3.05) is 6.54 Å². The molecule has 1 unspecified atom stereocenters. The molecular weight excluding hydrogens is 342 g/mol. The first-order valence-corrected chi connectivity index (χ1v) is 8.79. The summed E-state index contributed by atoms with van der Waals surface area (Å²) in [7, 11) is 0. The SMILES string of the molecule is CC(C)CCN1C(=O)c2ccc(C(=O)C(C#N)c3ccccn3)cc2C1=O. The van der Waals surface area contributed by atoms with E-state index in [0.717, 1.165) is 0 Å². The second-order valence-electron chi connectivity index (χ2n) is 6.89. The third-order valence-electron chi connectivity index (χ3n) is 4.56. The molecule has 6 heteroatoms. The van der Waals surface area contributed by atoms with Gasteiger partial charge in [0.1, 0.15) is 0 Å². The van der Waals surface area contributed by atoms with Gasteiger partial charge in [0, 0.05) is 18.3 Å². The van der Waals surface area contributed by atoms with E-state index in [4.69, 9.17) is 0 Å². The van der Waals surface area contributed by atoms with Crippen LogP contribution >= 0.6 is 0 Å². The number of ketones is 1. The van der Waals surface area contributed by atoms with Crippen LogP contribution in [0.15, 0.2) is 42.6 Å². The monoisotopic (exact) mass is 361 g/mol. The number of fused-ring (bicyclic) bond motifs is 1. The van der Waals surface area contributed by atoms with Gasteiger partial charge in [0.05, 0.1) is 22.9 Å². The normalized spacial score (nSPS) is 14.2. The minimum absolute atomic E-state index is 0.215. The Kier molecular flexibility index (Phi) is 5.13. The number of nitrogens with zero attached hydrogens (tertiary/aromatic N) is 3. The first-order chi connectivity index (χ1) is 12.9. The molecule has 136 valence electrons.